The van der Waals surface area contributed by atoms with Gasteiger partial charge in [0.2, 0.25) is 11.8 Å². The number of nitrogens with one attached hydrogen (secondary N) is 1. The Bertz CT molecular complexity index is 1100. The summed E-state index contributed by atoms with van der Waals surface area (Å²) in [6, 6.07) is 6.56. The lowest BCUT2D eigenvalue weighted by Gasteiger charge is -2.33. The third kappa shape index (κ3) is 3.45. The van der Waals surface area contributed by atoms with E-state index in [-0.39, 0.29) is 31.7 Å². The molecule has 1 spiro atoms. The smallest absolute Gasteiger partial charge is 0.312 e. The van der Waals surface area contributed by atoms with Gasteiger partial charge in [0.1, 0.15) is 23.8 Å². The molecule has 34 heavy (non-hydrogen) atoms. The summed E-state index contributed by atoms with van der Waals surface area (Å²) >= 11 is 0. The molecule has 3 aliphatic heterocycles. The summed E-state index contributed by atoms with van der Waals surface area (Å²) < 4.78 is 13.1. The molecule has 2 aromatic rings. The van der Waals surface area contributed by atoms with Crippen molar-refractivity contribution in [2.45, 2.75) is 57.0 Å². The van der Waals surface area contributed by atoms with Crippen LogP contribution in [0.4, 0.5) is 0 Å². The Kier molecular flexibility index (Phi) is 5.98. The number of carbonyl (C=O) groups excluding carboxylic acids is 3. The Hall–Kier alpha value is -3.05. The van der Waals surface area contributed by atoms with Crippen molar-refractivity contribution in [1.29, 1.82) is 0 Å². The molecule has 0 aliphatic carbocycles. The summed E-state index contributed by atoms with van der Waals surface area (Å²) in [5.74, 6) is -2.52. The predicted molar refractivity (Wildman–Crippen MR) is 118 cm³/mol. The number of nitrogens with zero attached hydrogens (tertiary/aromatic N) is 4. The Morgan fingerprint density at radius 2 is 2.15 bits per heavy atom. The first-order valence-corrected chi connectivity index (χ1v) is 11.8. The zero-order chi connectivity index (χ0) is 23.9. The molecule has 11 heteroatoms. The number of aliphatic hydroxyl groups excluding tert-OH is 1. The predicted octanol–water partition coefficient (Wildman–Crippen LogP) is 0.215. The standard InChI is InChI=1S/C23H29N5O6/c1-2-33-22(32)17-16-9-10-23(34-16)18(17)21(31)27(11-5-6-12-29)19(23)20(30)24-13-28-15-8-4-3-7-14(15)25-26-28/h3-4,7-8,16-19,29H,2,5-6,9-13H2,1H3,(H,24,30)/t16-,17+,18+,19-,23+/m0/s1. The number of carbonyl (C=O) groups is 3. The summed E-state index contributed by atoms with van der Waals surface area (Å²) in [5.41, 5.74) is 0.432. The summed E-state index contributed by atoms with van der Waals surface area (Å²) in [6.07, 6.45) is 1.73. The number of ether oxygens (including phenoxy) is 2. The van der Waals surface area contributed by atoms with Gasteiger partial charge in [-0.05, 0) is 44.7 Å². The lowest BCUT2D eigenvalue weighted by Crippen LogP contribution is -2.55. The van der Waals surface area contributed by atoms with Gasteiger partial charge < -0.3 is 24.8 Å². The molecule has 3 saturated heterocycles. The molecule has 2 amide bonds. The highest BCUT2D eigenvalue weighted by Gasteiger charge is 2.74. The minimum atomic E-state index is -1.06. The topological polar surface area (TPSA) is 136 Å². The van der Waals surface area contributed by atoms with E-state index in [0.29, 0.717) is 37.7 Å². The van der Waals surface area contributed by atoms with Crippen LogP contribution in [0, 0.1) is 11.8 Å². The lowest BCUT2D eigenvalue weighted by atomic mass is 9.71. The number of hydrogen-bond acceptors (Lipinski definition) is 8. The van der Waals surface area contributed by atoms with Crippen LogP contribution in [-0.2, 0) is 30.5 Å². The highest BCUT2D eigenvalue weighted by atomic mass is 16.6. The maximum Gasteiger partial charge on any atom is 0.312 e. The van der Waals surface area contributed by atoms with Crippen molar-refractivity contribution >= 4 is 28.8 Å². The fraction of sp³-hybridized carbons (Fsp3) is 0.609. The second kappa shape index (κ2) is 8.95. The molecule has 0 unspecified atom stereocenters. The van der Waals surface area contributed by atoms with Crippen molar-refractivity contribution in [3.8, 4) is 0 Å². The van der Waals surface area contributed by atoms with Gasteiger partial charge in [-0.15, -0.1) is 5.10 Å². The summed E-state index contributed by atoms with van der Waals surface area (Å²) in [7, 11) is 0. The largest absolute Gasteiger partial charge is 0.466 e. The number of amides is 2. The van der Waals surface area contributed by atoms with Crippen molar-refractivity contribution in [3.05, 3.63) is 24.3 Å². The Labute approximate surface area is 196 Å². The van der Waals surface area contributed by atoms with Crippen molar-refractivity contribution in [2.24, 2.45) is 11.8 Å². The molecule has 0 radical (unpaired) electrons. The Balaban J connectivity index is 1.41. The molecule has 5 atom stereocenters. The molecule has 3 fully saturated rings. The first kappa shape index (κ1) is 22.7. The van der Waals surface area contributed by atoms with E-state index in [2.05, 4.69) is 15.6 Å². The average molecular weight is 472 g/mol. The minimum absolute atomic E-state index is 0.00311. The number of hydrogen-bond donors (Lipinski definition) is 2. The number of aromatic nitrogens is 3. The van der Waals surface area contributed by atoms with E-state index in [1.807, 2.05) is 24.3 Å². The molecule has 5 rings (SSSR count). The maximum absolute atomic E-state index is 13.6. The summed E-state index contributed by atoms with van der Waals surface area (Å²) in [4.78, 5) is 41.4. The van der Waals surface area contributed by atoms with Crippen LogP contribution < -0.4 is 5.32 Å². The third-order valence-electron chi connectivity index (χ3n) is 7.24. The number of rotatable bonds is 9. The second-order valence-corrected chi connectivity index (χ2v) is 9.05. The Morgan fingerprint density at radius 1 is 1.32 bits per heavy atom. The molecular weight excluding hydrogens is 442 g/mol. The van der Waals surface area contributed by atoms with Crippen LogP contribution in [0.1, 0.15) is 32.6 Å². The van der Waals surface area contributed by atoms with Gasteiger partial charge >= 0.3 is 5.97 Å². The molecule has 2 N–H and O–H groups in total. The number of likely N-dealkylation sites (tertiary alicyclic amines) is 1. The lowest BCUT2D eigenvalue weighted by molar-refractivity contribution is -0.154. The van der Waals surface area contributed by atoms with Crippen LogP contribution in [-0.4, -0.2) is 80.3 Å². The van der Waals surface area contributed by atoms with E-state index < -0.39 is 35.6 Å². The van der Waals surface area contributed by atoms with E-state index in [9.17, 15) is 19.5 Å². The highest BCUT2D eigenvalue weighted by Crippen LogP contribution is 2.58. The van der Waals surface area contributed by atoms with Crippen molar-refractivity contribution in [3.63, 3.8) is 0 Å². The highest BCUT2D eigenvalue weighted by molar-refractivity contribution is 5.98. The van der Waals surface area contributed by atoms with E-state index >= 15 is 0 Å². The van der Waals surface area contributed by atoms with E-state index in [1.165, 1.54) is 4.90 Å². The van der Waals surface area contributed by atoms with Gasteiger partial charge in [0.05, 0.1) is 30.1 Å². The number of aliphatic hydroxyl groups is 1. The van der Waals surface area contributed by atoms with Crippen LogP contribution in [0.25, 0.3) is 11.0 Å². The molecule has 4 heterocycles. The number of benzene rings is 1. The van der Waals surface area contributed by atoms with E-state index in [1.54, 1.807) is 11.6 Å². The molecule has 2 bridgehead atoms. The summed E-state index contributed by atoms with van der Waals surface area (Å²) in [5, 5.41) is 20.3. The van der Waals surface area contributed by atoms with Gasteiger partial charge in [-0.1, -0.05) is 17.3 Å². The Morgan fingerprint density at radius 3 is 2.94 bits per heavy atom. The quantitative estimate of drug-likeness (QED) is 0.392. The number of para-hydroxylation sites is 1. The first-order chi connectivity index (χ1) is 16.5. The molecule has 11 nitrogen and oxygen atoms in total. The average Bonchev–Trinajstić information content (AvgIpc) is 3.57. The maximum atomic E-state index is 13.6. The van der Waals surface area contributed by atoms with Gasteiger partial charge in [0.25, 0.3) is 0 Å². The molecule has 182 valence electrons. The zero-order valence-corrected chi connectivity index (χ0v) is 19.1. The SMILES string of the molecule is CCOC(=O)[C@@H]1[C@@H]2CC[C@]3(O2)[C@H](C(=O)NCn2nnc4ccccc42)N(CCCCO)C(=O)[C@@H]13. The fourth-order valence-electron chi connectivity index (χ4n) is 5.88. The van der Waals surface area contributed by atoms with Crippen molar-refractivity contribution in [1.82, 2.24) is 25.2 Å². The fourth-order valence-corrected chi connectivity index (χ4v) is 5.88. The van der Waals surface area contributed by atoms with Gasteiger partial charge in [-0.3, -0.25) is 14.4 Å². The number of esters is 1. The van der Waals surface area contributed by atoms with Gasteiger partial charge in [-0.25, -0.2) is 4.68 Å². The normalized spacial score (nSPS) is 29.6. The monoisotopic (exact) mass is 471 g/mol. The zero-order valence-electron chi connectivity index (χ0n) is 19.1. The number of fused-ring (bicyclic) bond motifs is 2. The van der Waals surface area contributed by atoms with Crippen molar-refractivity contribution in [2.75, 3.05) is 19.8 Å². The minimum Gasteiger partial charge on any atom is -0.466 e. The second-order valence-electron chi connectivity index (χ2n) is 9.05. The van der Waals surface area contributed by atoms with E-state index in [4.69, 9.17) is 9.47 Å². The van der Waals surface area contributed by atoms with Gasteiger partial charge in [-0.2, -0.15) is 0 Å². The van der Waals surface area contributed by atoms with E-state index in [0.717, 1.165) is 5.52 Å². The summed E-state index contributed by atoms with van der Waals surface area (Å²) in [6.45, 7) is 2.32. The van der Waals surface area contributed by atoms with Crippen LogP contribution in [0.5, 0.6) is 0 Å². The molecule has 0 saturated carbocycles. The van der Waals surface area contributed by atoms with Crippen LogP contribution >= 0.6 is 0 Å². The van der Waals surface area contributed by atoms with Crippen LogP contribution in [0.3, 0.4) is 0 Å². The third-order valence-corrected chi connectivity index (χ3v) is 7.24. The first-order valence-electron chi connectivity index (χ1n) is 11.8. The van der Waals surface area contributed by atoms with Gasteiger partial charge in [0.15, 0.2) is 0 Å². The number of unbranched alkanes of at least 4 members (excludes halogenated alkanes) is 1. The molecular formula is C23H29N5O6. The molecule has 1 aromatic carbocycles. The van der Waals surface area contributed by atoms with Crippen LogP contribution in [0.15, 0.2) is 24.3 Å². The molecule has 3 aliphatic rings. The van der Waals surface area contributed by atoms with Crippen molar-refractivity contribution < 1.29 is 29.0 Å². The van der Waals surface area contributed by atoms with Gasteiger partial charge in [0, 0.05) is 13.2 Å². The van der Waals surface area contributed by atoms with Crippen LogP contribution in [0.2, 0.25) is 0 Å². The molecule has 1 aromatic heterocycles.